The topological polar surface area (TPSA) is 133 Å². The van der Waals surface area contributed by atoms with E-state index in [1.807, 2.05) is 66.8 Å². The van der Waals surface area contributed by atoms with Crippen LogP contribution in [0, 0.1) is 27.7 Å². The number of benzene rings is 2. The number of aryl methyl sites for hydroxylation is 4. The van der Waals surface area contributed by atoms with Gasteiger partial charge < -0.3 is 34.2 Å². The van der Waals surface area contributed by atoms with E-state index < -0.39 is 65.6 Å². The molecule has 0 aliphatic carbocycles. The summed E-state index contributed by atoms with van der Waals surface area (Å²) in [5.74, 6) is 1.60. The number of cyclic esters (lactones) is 2. The minimum atomic E-state index is -4.50. The maximum Gasteiger partial charge on any atom is 0.416 e. The second-order valence-electron chi connectivity index (χ2n) is 21.8. The quantitative estimate of drug-likeness (QED) is 0.107. The third-order valence-electron chi connectivity index (χ3n) is 14.7. The van der Waals surface area contributed by atoms with Crippen molar-refractivity contribution in [3.8, 4) is 0 Å². The number of aromatic nitrogens is 2. The Labute approximate surface area is 448 Å². The molecule has 20 heteroatoms. The van der Waals surface area contributed by atoms with Crippen molar-refractivity contribution in [2.45, 2.75) is 169 Å². The zero-order valence-corrected chi connectivity index (χ0v) is 46.1. The summed E-state index contributed by atoms with van der Waals surface area (Å²) in [6.07, 6.45) is -4.88. The van der Waals surface area contributed by atoms with Gasteiger partial charge in [-0.15, -0.1) is 0 Å². The molecule has 3 amide bonds. The number of pyridine rings is 2. The van der Waals surface area contributed by atoms with E-state index in [1.165, 1.54) is 0 Å². The van der Waals surface area contributed by atoms with E-state index in [1.54, 1.807) is 53.8 Å². The maximum atomic E-state index is 13.5. The van der Waals surface area contributed by atoms with Gasteiger partial charge in [-0.2, -0.15) is 26.3 Å². The lowest BCUT2D eigenvalue weighted by Crippen LogP contribution is -2.48. The van der Waals surface area contributed by atoms with Crippen LogP contribution >= 0.6 is 0 Å². The van der Waals surface area contributed by atoms with Crippen LogP contribution in [0.15, 0.2) is 60.9 Å². The Hall–Kier alpha value is -6.31. The fourth-order valence-corrected chi connectivity index (χ4v) is 10.9. The lowest BCUT2D eigenvalue weighted by molar-refractivity contribution is -0.138. The summed E-state index contributed by atoms with van der Waals surface area (Å²) in [7, 11) is 0. The Morgan fingerprint density at radius 1 is 0.636 bits per heavy atom. The molecule has 4 aromatic rings. The van der Waals surface area contributed by atoms with Gasteiger partial charge in [-0.3, -0.25) is 9.80 Å². The zero-order valence-electron chi connectivity index (χ0n) is 46.1. The second kappa shape index (κ2) is 23.7. The molecular formula is C57H74F6N8O6. The smallest absolute Gasteiger partial charge is 0.416 e. The molecule has 2 aromatic heterocycles. The van der Waals surface area contributed by atoms with Gasteiger partial charge in [-0.05, 0) is 174 Å². The van der Waals surface area contributed by atoms with Crippen molar-refractivity contribution in [2.24, 2.45) is 0 Å². The van der Waals surface area contributed by atoms with Crippen molar-refractivity contribution in [3.63, 3.8) is 0 Å². The van der Waals surface area contributed by atoms with Crippen LogP contribution in [-0.2, 0) is 39.7 Å². The van der Waals surface area contributed by atoms with E-state index in [4.69, 9.17) is 24.2 Å². The number of hydrogen-bond donors (Lipinski definition) is 1. The lowest BCUT2D eigenvalue weighted by atomic mass is 9.98. The van der Waals surface area contributed by atoms with E-state index in [0.29, 0.717) is 47.9 Å². The number of amides is 3. The molecule has 4 fully saturated rings. The maximum absolute atomic E-state index is 13.5. The SMILES string of the molecule is CCN(c1ncc(C)cc1CN1C(=O)O[C@H](c2cc(C)cc(C(F)(F)F)c2)[C@@H]1C)C1CCN(C(=O)OC(C)(C)C)CC1.CCN(c1ncc(C)cc1CN1C(=O)O[C@H](c2cc(C)cc(C(F)(F)F)c2)[C@@H]1C)C1CCNCC1. The van der Waals surface area contributed by atoms with Crippen LogP contribution in [0.4, 0.5) is 52.4 Å². The Kier molecular flexibility index (Phi) is 18.0. The molecule has 8 rings (SSSR count). The van der Waals surface area contributed by atoms with Crippen LogP contribution in [0.2, 0.25) is 0 Å². The summed E-state index contributed by atoms with van der Waals surface area (Å²) in [6, 6.07) is 11.2. The Morgan fingerprint density at radius 3 is 1.42 bits per heavy atom. The summed E-state index contributed by atoms with van der Waals surface area (Å²) in [5, 5.41) is 3.39. The van der Waals surface area contributed by atoms with E-state index in [9.17, 15) is 40.7 Å². The van der Waals surface area contributed by atoms with Crippen LogP contribution < -0.4 is 15.1 Å². The first-order valence-corrected chi connectivity index (χ1v) is 26.6. The van der Waals surface area contributed by atoms with Gasteiger partial charge in [-0.25, -0.2) is 24.4 Å². The summed E-state index contributed by atoms with van der Waals surface area (Å²) in [6.45, 7) is 25.4. The average molecular weight is 1080 g/mol. The molecule has 2 aromatic carbocycles. The van der Waals surface area contributed by atoms with Crippen molar-refractivity contribution < 1.29 is 54.9 Å². The highest BCUT2D eigenvalue weighted by molar-refractivity contribution is 5.72. The fraction of sp³-hybridized carbons (Fsp3) is 0.561. The molecule has 77 heavy (non-hydrogen) atoms. The molecule has 1 N–H and O–H groups in total. The number of alkyl halides is 6. The number of nitrogens with zero attached hydrogens (tertiary/aromatic N) is 7. The minimum Gasteiger partial charge on any atom is -0.444 e. The van der Waals surface area contributed by atoms with Crippen molar-refractivity contribution in [1.29, 1.82) is 0 Å². The number of anilines is 2. The molecule has 0 saturated carbocycles. The summed E-state index contributed by atoms with van der Waals surface area (Å²) in [4.78, 5) is 57.5. The number of likely N-dealkylation sites (tertiary alicyclic amines) is 1. The Bertz CT molecular complexity index is 2740. The highest BCUT2D eigenvalue weighted by atomic mass is 19.4. The number of rotatable bonds is 12. The predicted molar refractivity (Wildman–Crippen MR) is 282 cm³/mol. The van der Waals surface area contributed by atoms with E-state index >= 15 is 0 Å². The molecule has 4 saturated heterocycles. The van der Waals surface area contributed by atoms with Crippen LogP contribution in [0.25, 0.3) is 0 Å². The fourth-order valence-electron chi connectivity index (χ4n) is 10.9. The van der Waals surface area contributed by atoms with Gasteiger partial charge in [-0.1, -0.05) is 23.3 Å². The van der Waals surface area contributed by atoms with Crippen LogP contribution in [0.1, 0.15) is 142 Å². The average Bonchev–Trinajstić information content (AvgIpc) is 3.81. The standard InChI is InChI=1S/C31H41F3N4O4.C26H33F3N4O2/c1-8-37(25-9-11-36(12-10-25)28(39)42-30(5,6)7)27-23(14-20(3)17-35-27)18-38-21(4)26(41-29(38)40)22-13-19(2)15-24(16-22)31(32,33)34;1-5-32(22-6-8-30-9-7-22)24-20(11-17(3)14-31-24)15-33-18(4)23(35-25(33)34)19-10-16(2)12-21(13-19)26(27,28)29/h13-17,21,25-26H,8-12,18H2,1-7H3;10-14,18,22-23,30H,5-9,15H2,1-4H3/t21-,26-;18-,23-/m00/s1. The van der Waals surface area contributed by atoms with Crippen LogP contribution in [-0.4, -0.2) is 112 Å². The third kappa shape index (κ3) is 14.1. The predicted octanol–water partition coefficient (Wildman–Crippen LogP) is 12.4. The first-order valence-electron chi connectivity index (χ1n) is 26.6. The number of piperidine rings is 2. The summed E-state index contributed by atoms with van der Waals surface area (Å²) >= 11 is 0. The molecule has 4 atom stereocenters. The molecule has 4 aliphatic heterocycles. The number of hydrogen-bond acceptors (Lipinski definition) is 11. The molecule has 14 nitrogen and oxygen atoms in total. The largest absolute Gasteiger partial charge is 0.444 e. The number of carbonyl (C=O) groups is 3. The minimum absolute atomic E-state index is 0.131. The monoisotopic (exact) mass is 1080 g/mol. The molecule has 6 heterocycles. The molecule has 0 unspecified atom stereocenters. The van der Waals surface area contributed by atoms with Gasteiger partial charge in [0.05, 0.1) is 36.3 Å². The number of nitrogens with one attached hydrogen (secondary N) is 1. The second-order valence-corrected chi connectivity index (χ2v) is 21.8. The zero-order chi connectivity index (χ0) is 56.3. The molecule has 0 spiro atoms. The van der Waals surface area contributed by atoms with E-state index in [-0.39, 0.29) is 25.2 Å². The van der Waals surface area contributed by atoms with Crippen molar-refractivity contribution in [1.82, 2.24) is 30.0 Å². The van der Waals surface area contributed by atoms with Gasteiger partial charge >= 0.3 is 30.6 Å². The lowest BCUT2D eigenvalue weighted by Gasteiger charge is -2.40. The van der Waals surface area contributed by atoms with Crippen molar-refractivity contribution in [3.05, 3.63) is 117 Å². The molecular weight excluding hydrogens is 1010 g/mol. The first kappa shape index (κ1) is 58.4. The van der Waals surface area contributed by atoms with Crippen molar-refractivity contribution >= 4 is 29.9 Å². The molecule has 4 aliphatic rings. The normalized spacial score (nSPS) is 20.7. The van der Waals surface area contributed by atoms with Crippen molar-refractivity contribution in [2.75, 3.05) is 49.1 Å². The Balaban J connectivity index is 0.000000227. The van der Waals surface area contributed by atoms with Gasteiger partial charge in [0, 0.05) is 61.8 Å². The van der Waals surface area contributed by atoms with Gasteiger partial charge in [0.2, 0.25) is 0 Å². The molecule has 0 bridgehead atoms. The van der Waals surface area contributed by atoms with Crippen LogP contribution in [0.5, 0.6) is 0 Å². The first-order chi connectivity index (χ1) is 36.1. The number of carbonyl (C=O) groups excluding carboxylic acids is 3. The summed E-state index contributed by atoms with van der Waals surface area (Å²) < 4.78 is 97.4. The highest BCUT2D eigenvalue weighted by Gasteiger charge is 2.44. The highest BCUT2D eigenvalue weighted by Crippen LogP contribution is 2.41. The molecule has 420 valence electrons. The van der Waals surface area contributed by atoms with Gasteiger partial charge in [0.25, 0.3) is 0 Å². The number of halogens is 6. The molecule has 0 radical (unpaired) electrons. The van der Waals surface area contributed by atoms with Gasteiger partial charge in [0.15, 0.2) is 0 Å². The summed E-state index contributed by atoms with van der Waals surface area (Å²) in [5.41, 5.74) is 3.19. The number of ether oxygens (including phenoxy) is 3. The third-order valence-corrected chi connectivity index (χ3v) is 14.7. The Morgan fingerprint density at radius 2 is 1.04 bits per heavy atom. The van der Waals surface area contributed by atoms with Crippen LogP contribution in [0.3, 0.4) is 0 Å². The van der Waals surface area contributed by atoms with E-state index in [2.05, 4.69) is 22.0 Å². The van der Waals surface area contributed by atoms with Gasteiger partial charge in [0.1, 0.15) is 29.4 Å². The van der Waals surface area contributed by atoms with E-state index in [0.717, 1.165) is 103 Å².